The maximum Gasteiger partial charge on any atom is 0.425 e. The van der Waals surface area contributed by atoms with E-state index in [1.807, 2.05) is 0 Å². The van der Waals surface area contributed by atoms with E-state index < -0.39 is 23.3 Å². The minimum Gasteiger partial charge on any atom is -0.312 e. The Balaban J connectivity index is 1.92. The van der Waals surface area contributed by atoms with E-state index in [0.29, 0.717) is 22.5 Å². The molecule has 0 fully saturated rings. The third kappa shape index (κ3) is 3.67. The summed E-state index contributed by atoms with van der Waals surface area (Å²) in [6, 6.07) is 14.2. The van der Waals surface area contributed by atoms with Crippen LogP contribution in [0.5, 0.6) is 0 Å². The van der Waals surface area contributed by atoms with Gasteiger partial charge in [-0.15, -0.1) is 0 Å². The van der Waals surface area contributed by atoms with Crippen LogP contribution in [0.4, 0.5) is 13.2 Å². The maximum atomic E-state index is 13.7. The first-order valence-electron chi connectivity index (χ1n) is 7.25. The number of alkyl halides is 3. The van der Waals surface area contributed by atoms with Crippen molar-refractivity contribution in [3.05, 3.63) is 70.7 Å². The molecule has 1 aliphatic rings. The average Bonchev–Trinajstić information content (AvgIpc) is 3.01. The molecule has 8 heteroatoms. The molecular weight excluding hydrogens is 373 g/mol. The number of carbonyl (C=O) groups excluding carboxylic acids is 1. The fourth-order valence-electron chi connectivity index (χ4n) is 2.33. The third-order valence-electron chi connectivity index (χ3n) is 3.67. The maximum absolute atomic E-state index is 13.7. The molecule has 1 unspecified atom stereocenters. The van der Waals surface area contributed by atoms with Gasteiger partial charge in [0.05, 0.1) is 6.42 Å². The molecule has 3 nitrogen and oxygen atoms in total. The second-order valence-corrected chi connectivity index (χ2v) is 6.94. The number of carbonyl (C=O) groups is 1. The van der Waals surface area contributed by atoms with Crippen LogP contribution < -0.4 is 4.72 Å². The van der Waals surface area contributed by atoms with Gasteiger partial charge in [-0.25, -0.2) is 4.99 Å². The van der Waals surface area contributed by atoms with Gasteiger partial charge in [0.2, 0.25) is 4.87 Å². The molecule has 1 aliphatic heterocycles. The number of nitrogens with one attached hydrogen (secondary N) is 1. The topological polar surface area (TPSA) is 41.5 Å². The van der Waals surface area contributed by atoms with E-state index in [1.165, 1.54) is 24.3 Å². The first kappa shape index (κ1) is 17.8. The van der Waals surface area contributed by atoms with Gasteiger partial charge < -0.3 is 4.72 Å². The molecule has 0 aliphatic carbocycles. The van der Waals surface area contributed by atoms with Crippen molar-refractivity contribution >= 4 is 35.2 Å². The van der Waals surface area contributed by atoms with Gasteiger partial charge in [-0.05, 0) is 36.2 Å². The lowest BCUT2D eigenvalue weighted by molar-refractivity contribution is -0.156. The second-order valence-electron chi connectivity index (χ2n) is 5.42. The van der Waals surface area contributed by atoms with E-state index >= 15 is 0 Å². The van der Waals surface area contributed by atoms with Crippen molar-refractivity contribution in [3.8, 4) is 0 Å². The lowest BCUT2D eigenvalue weighted by Gasteiger charge is -2.26. The van der Waals surface area contributed by atoms with Crippen molar-refractivity contribution in [1.82, 2.24) is 4.72 Å². The highest BCUT2D eigenvalue weighted by atomic mass is 35.5. The zero-order valence-electron chi connectivity index (χ0n) is 12.7. The van der Waals surface area contributed by atoms with Gasteiger partial charge >= 0.3 is 6.18 Å². The number of amidine groups is 1. The summed E-state index contributed by atoms with van der Waals surface area (Å²) in [6.45, 7) is 0. The number of benzene rings is 2. The lowest BCUT2D eigenvalue weighted by atomic mass is 10.0. The summed E-state index contributed by atoms with van der Waals surface area (Å²) >= 11 is 6.15. The number of nitrogens with zero attached hydrogens (tertiary/aromatic N) is 1. The van der Waals surface area contributed by atoms with Gasteiger partial charge in [0.1, 0.15) is 5.84 Å². The summed E-state index contributed by atoms with van der Waals surface area (Å²) in [7, 11) is 0. The monoisotopic (exact) mass is 384 g/mol. The van der Waals surface area contributed by atoms with Gasteiger partial charge in [-0.2, -0.15) is 13.2 Å². The molecule has 130 valence electrons. The molecule has 2 aromatic carbocycles. The van der Waals surface area contributed by atoms with Crippen LogP contribution in [0.2, 0.25) is 5.02 Å². The predicted molar refractivity (Wildman–Crippen MR) is 92.9 cm³/mol. The van der Waals surface area contributed by atoms with Crippen molar-refractivity contribution in [3.63, 3.8) is 0 Å². The number of ketones is 1. The van der Waals surface area contributed by atoms with Crippen molar-refractivity contribution in [2.75, 3.05) is 0 Å². The van der Waals surface area contributed by atoms with E-state index in [4.69, 9.17) is 11.6 Å². The lowest BCUT2D eigenvalue weighted by Crippen LogP contribution is -2.41. The Hall–Kier alpha value is -1.99. The van der Waals surface area contributed by atoms with Crippen LogP contribution in [0.1, 0.15) is 22.3 Å². The van der Waals surface area contributed by atoms with Crippen LogP contribution in [-0.4, -0.2) is 22.7 Å². The summed E-state index contributed by atoms with van der Waals surface area (Å²) in [5, 5.41) is 0.406. The van der Waals surface area contributed by atoms with Crippen molar-refractivity contribution in [2.24, 2.45) is 4.99 Å². The van der Waals surface area contributed by atoms with Crippen LogP contribution >= 0.6 is 23.5 Å². The average molecular weight is 385 g/mol. The highest BCUT2D eigenvalue weighted by Crippen LogP contribution is 2.47. The number of hydrogen-bond donors (Lipinski definition) is 1. The van der Waals surface area contributed by atoms with Gasteiger partial charge in [0.25, 0.3) is 0 Å². The Kier molecular flexibility index (Phi) is 4.79. The summed E-state index contributed by atoms with van der Waals surface area (Å²) in [4.78, 5) is 13.6. The van der Waals surface area contributed by atoms with Crippen LogP contribution in [0, 0.1) is 0 Å². The van der Waals surface area contributed by atoms with Crippen molar-refractivity contribution in [2.45, 2.75) is 17.5 Å². The standard InChI is InChI=1S/C17H12ClF3N2OS/c18-13-8-6-11(7-9-13)14(24)10-16(17(19,20)21)22-15(23-25-16)12-4-2-1-3-5-12/h1-9H,10H2,(H,22,23). The molecule has 0 saturated carbocycles. The molecule has 1 heterocycles. The Bertz CT molecular complexity index is 809. The number of halogens is 4. The van der Waals surface area contributed by atoms with E-state index in [-0.39, 0.29) is 11.4 Å². The minimum atomic E-state index is -4.69. The van der Waals surface area contributed by atoms with E-state index in [9.17, 15) is 18.0 Å². The third-order valence-corrected chi connectivity index (χ3v) is 5.02. The number of aliphatic imine (C=N–C) groups is 1. The number of Topliss-reactive ketones (excluding diaryl/α,β-unsaturated/α-hetero) is 1. The molecule has 2 aromatic rings. The Morgan fingerprint density at radius 3 is 2.36 bits per heavy atom. The Morgan fingerprint density at radius 1 is 1.12 bits per heavy atom. The summed E-state index contributed by atoms with van der Waals surface area (Å²) in [5.41, 5.74) is 0.692. The van der Waals surface area contributed by atoms with Crippen molar-refractivity contribution in [1.29, 1.82) is 0 Å². The van der Waals surface area contributed by atoms with Crippen LogP contribution in [0.3, 0.4) is 0 Å². The molecule has 0 spiro atoms. The van der Waals surface area contributed by atoms with Crippen LogP contribution in [-0.2, 0) is 0 Å². The largest absolute Gasteiger partial charge is 0.425 e. The van der Waals surface area contributed by atoms with Gasteiger partial charge in [0, 0.05) is 16.1 Å². The first-order chi connectivity index (χ1) is 11.8. The van der Waals surface area contributed by atoms with Crippen LogP contribution in [0.15, 0.2) is 59.6 Å². The molecule has 0 bridgehead atoms. The molecular formula is C17H12ClF3N2OS. The Labute approximate surface area is 151 Å². The zero-order chi connectivity index (χ0) is 18.1. The molecule has 1 N–H and O–H groups in total. The molecule has 25 heavy (non-hydrogen) atoms. The van der Waals surface area contributed by atoms with Crippen LogP contribution in [0.25, 0.3) is 0 Å². The molecule has 3 rings (SSSR count). The fraction of sp³-hybridized carbons (Fsp3) is 0.176. The normalized spacial score (nSPS) is 20.1. The zero-order valence-corrected chi connectivity index (χ0v) is 14.3. The number of rotatable bonds is 4. The highest BCUT2D eigenvalue weighted by molar-refractivity contribution is 7.99. The van der Waals surface area contributed by atoms with Gasteiger partial charge in [-0.3, -0.25) is 4.79 Å². The van der Waals surface area contributed by atoms with E-state index in [1.54, 1.807) is 30.3 Å². The molecule has 0 amide bonds. The first-order valence-corrected chi connectivity index (χ1v) is 8.45. The smallest absolute Gasteiger partial charge is 0.312 e. The SMILES string of the molecule is O=C(CC1(C(F)(F)F)N=C(c2ccccc2)NS1)c1ccc(Cl)cc1. The fourth-order valence-corrected chi connectivity index (χ4v) is 3.34. The van der Waals surface area contributed by atoms with E-state index in [0.717, 1.165) is 0 Å². The van der Waals surface area contributed by atoms with Gasteiger partial charge in [-0.1, -0.05) is 41.9 Å². The van der Waals surface area contributed by atoms with E-state index in [2.05, 4.69) is 9.71 Å². The summed E-state index contributed by atoms with van der Waals surface area (Å²) < 4.78 is 43.7. The highest BCUT2D eigenvalue weighted by Gasteiger charge is 2.60. The summed E-state index contributed by atoms with van der Waals surface area (Å²) in [6.07, 6.45) is -5.49. The molecule has 0 aromatic heterocycles. The molecule has 1 atom stereocenters. The Morgan fingerprint density at radius 2 is 1.76 bits per heavy atom. The number of hydrogen-bond acceptors (Lipinski definition) is 4. The van der Waals surface area contributed by atoms with Gasteiger partial charge in [0.15, 0.2) is 5.78 Å². The molecule has 0 radical (unpaired) electrons. The predicted octanol–water partition coefficient (Wildman–Crippen LogP) is 4.87. The second kappa shape index (κ2) is 6.72. The quantitative estimate of drug-likeness (QED) is 0.604. The molecule has 0 saturated heterocycles. The minimum absolute atomic E-state index is 0.104. The summed E-state index contributed by atoms with van der Waals surface area (Å²) in [5.74, 6) is -0.548. The van der Waals surface area contributed by atoms with Crippen molar-refractivity contribution < 1.29 is 18.0 Å².